The summed E-state index contributed by atoms with van der Waals surface area (Å²) in [6.07, 6.45) is 13.3. The summed E-state index contributed by atoms with van der Waals surface area (Å²) in [6, 6.07) is 7.69. The molecule has 4 rings (SSSR count). The zero-order valence-electron chi connectivity index (χ0n) is 13.7. The molecule has 0 saturated heterocycles. The number of nitrogens with zero attached hydrogens (tertiary/aromatic N) is 2. The van der Waals surface area contributed by atoms with E-state index in [1.54, 1.807) is 0 Å². The number of aromatic nitrogens is 2. The topological polar surface area (TPSA) is 29.9 Å². The quantitative estimate of drug-likeness (QED) is 0.707. The highest BCUT2D eigenvalue weighted by atomic mass is 79.9. The number of rotatable bonds is 3. The van der Waals surface area contributed by atoms with Gasteiger partial charge >= 0.3 is 0 Å². The molecule has 0 aliphatic heterocycles. The van der Waals surface area contributed by atoms with E-state index in [1.807, 2.05) is 0 Å². The molecule has 0 bridgehead atoms. The van der Waals surface area contributed by atoms with Crippen molar-refractivity contribution in [2.24, 2.45) is 0 Å². The first kappa shape index (κ1) is 15.5. The molecule has 1 aromatic heterocycles. The zero-order valence-corrected chi connectivity index (χ0v) is 15.3. The number of hydrogen-bond acceptors (Lipinski definition) is 2. The predicted molar refractivity (Wildman–Crippen MR) is 100 cm³/mol. The number of imidazole rings is 1. The van der Waals surface area contributed by atoms with Crippen molar-refractivity contribution in [3.05, 3.63) is 22.7 Å². The Labute approximate surface area is 147 Å². The number of nitrogens with one attached hydrogen (secondary N) is 1. The Kier molecular flexibility index (Phi) is 4.61. The summed E-state index contributed by atoms with van der Waals surface area (Å²) in [5.41, 5.74) is 2.40. The lowest BCUT2D eigenvalue weighted by molar-refractivity contribution is 0.360. The molecule has 0 spiro atoms. The molecule has 23 heavy (non-hydrogen) atoms. The molecule has 0 radical (unpaired) electrons. The summed E-state index contributed by atoms with van der Waals surface area (Å²) < 4.78 is 3.65. The molecule has 2 aromatic rings. The third kappa shape index (κ3) is 3.28. The van der Waals surface area contributed by atoms with Crippen molar-refractivity contribution in [2.75, 3.05) is 5.32 Å². The van der Waals surface area contributed by atoms with Gasteiger partial charge in [-0.15, -0.1) is 0 Å². The van der Waals surface area contributed by atoms with E-state index in [-0.39, 0.29) is 0 Å². The van der Waals surface area contributed by atoms with Crippen LogP contribution >= 0.6 is 15.9 Å². The van der Waals surface area contributed by atoms with Gasteiger partial charge in [0.05, 0.1) is 11.0 Å². The summed E-state index contributed by atoms with van der Waals surface area (Å²) in [6.45, 7) is 0. The molecule has 1 aromatic carbocycles. The Hall–Kier alpha value is -1.03. The fourth-order valence-electron chi connectivity index (χ4n) is 4.31. The van der Waals surface area contributed by atoms with Crippen molar-refractivity contribution < 1.29 is 0 Å². The molecule has 0 unspecified atom stereocenters. The second kappa shape index (κ2) is 6.84. The van der Waals surface area contributed by atoms with E-state index >= 15 is 0 Å². The third-order valence-electron chi connectivity index (χ3n) is 5.53. The Morgan fingerprint density at radius 1 is 0.957 bits per heavy atom. The standard InChI is InChI=1S/C19H26BrN3/c20-14-11-12-17-18(13-14)23(16-9-5-2-6-10-16)19(22-17)21-15-7-3-1-4-8-15/h11-13,15-16H,1-10H2,(H,21,22). The number of fused-ring (bicyclic) bond motifs is 1. The predicted octanol–water partition coefficient (Wildman–Crippen LogP) is 6.05. The average Bonchev–Trinajstić information content (AvgIpc) is 2.93. The van der Waals surface area contributed by atoms with Crippen LogP contribution < -0.4 is 5.32 Å². The van der Waals surface area contributed by atoms with Gasteiger partial charge in [-0.05, 0) is 43.9 Å². The Balaban J connectivity index is 1.71. The van der Waals surface area contributed by atoms with Crippen LogP contribution in [0.4, 0.5) is 5.95 Å². The first-order chi connectivity index (χ1) is 11.3. The molecule has 2 saturated carbocycles. The van der Waals surface area contributed by atoms with Gasteiger partial charge in [0.1, 0.15) is 0 Å². The maximum atomic E-state index is 4.95. The van der Waals surface area contributed by atoms with Gasteiger partial charge < -0.3 is 9.88 Å². The van der Waals surface area contributed by atoms with Crippen molar-refractivity contribution in [1.82, 2.24) is 9.55 Å². The SMILES string of the molecule is Brc1ccc2nc(NC3CCCCC3)n(C3CCCCC3)c2c1. The van der Waals surface area contributed by atoms with E-state index in [0.29, 0.717) is 12.1 Å². The summed E-state index contributed by atoms with van der Waals surface area (Å²) in [5, 5.41) is 3.79. The number of anilines is 1. The molecule has 2 fully saturated rings. The van der Waals surface area contributed by atoms with E-state index in [0.717, 1.165) is 15.9 Å². The second-order valence-electron chi connectivity index (χ2n) is 7.21. The molecule has 1 N–H and O–H groups in total. The maximum absolute atomic E-state index is 4.95. The Morgan fingerprint density at radius 3 is 2.39 bits per heavy atom. The number of halogens is 1. The van der Waals surface area contributed by atoms with Crippen LogP contribution in [0, 0.1) is 0 Å². The van der Waals surface area contributed by atoms with Gasteiger partial charge in [0, 0.05) is 16.6 Å². The fraction of sp³-hybridized carbons (Fsp3) is 0.632. The molecule has 3 nitrogen and oxygen atoms in total. The Bertz CT molecular complexity index is 667. The van der Waals surface area contributed by atoms with Crippen LogP contribution in [-0.2, 0) is 0 Å². The van der Waals surface area contributed by atoms with E-state index in [2.05, 4.69) is 44.0 Å². The van der Waals surface area contributed by atoms with Gasteiger partial charge in [-0.25, -0.2) is 4.98 Å². The van der Waals surface area contributed by atoms with Crippen LogP contribution in [-0.4, -0.2) is 15.6 Å². The highest BCUT2D eigenvalue weighted by molar-refractivity contribution is 9.10. The number of hydrogen-bond donors (Lipinski definition) is 1. The van der Waals surface area contributed by atoms with E-state index in [9.17, 15) is 0 Å². The van der Waals surface area contributed by atoms with Gasteiger partial charge in [0.2, 0.25) is 5.95 Å². The summed E-state index contributed by atoms with van der Waals surface area (Å²) in [5.74, 6) is 1.11. The minimum absolute atomic E-state index is 0.603. The van der Waals surface area contributed by atoms with Crippen LogP contribution in [0.3, 0.4) is 0 Å². The monoisotopic (exact) mass is 375 g/mol. The van der Waals surface area contributed by atoms with E-state index in [1.165, 1.54) is 69.7 Å². The number of benzene rings is 1. The van der Waals surface area contributed by atoms with Gasteiger partial charge in [-0.1, -0.05) is 54.5 Å². The highest BCUT2D eigenvalue weighted by Gasteiger charge is 2.23. The van der Waals surface area contributed by atoms with Gasteiger partial charge in [-0.3, -0.25) is 0 Å². The van der Waals surface area contributed by atoms with Crippen molar-refractivity contribution in [3.63, 3.8) is 0 Å². The molecule has 0 atom stereocenters. The summed E-state index contributed by atoms with van der Waals surface area (Å²) in [7, 11) is 0. The van der Waals surface area contributed by atoms with Gasteiger partial charge in [-0.2, -0.15) is 0 Å². The molecule has 2 aliphatic rings. The summed E-state index contributed by atoms with van der Waals surface area (Å²) >= 11 is 3.64. The summed E-state index contributed by atoms with van der Waals surface area (Å²) in [4.78, 5) is 4.95. The lowest BCUT2D eigenvalue weighted by Crippen LogP contribution is -2.25. The zero-order chi connectivity index (χ0) is 15.6. The lowest BCUT2D eigenvalue weighted by Gasteiger charge is -2.28. The third-order valence-corrected chi connectivity index (χ3v) is 6.02. The molecule has 1 heterocycles. The maximum Gasteiger partial charge on any atom is 0.204 e. The van der Waals surface area contributed by atoms with E-state index in [4.69, 9.17) is 4.98 Å². The first-order valence-corrected chi connectivity index (χ1v) is 10.0. The van der Waals surface area contributed by atoms with Crippen LogP contribution in [0.25, 0.3) is 11.0 Å². The molecule has 2 aliphatic carbocycles. The molecule has 0 amide bonds. The van der Waals surface area contributed by atoms with Crippen molar-refractivity contribution in [2.45, 2.75) is 76.3 Å². The molecule has 4 heteroatoms. The Morgan fingerprint density at radius 2 is 1.65 bits per heavy atom. The van der Waals surface area contributed by atoms with Crippen molar-refractivity contribution in [3.8, 4) is 0 Å². The van der Waals surface area contributed by atoms with Crippen molar-refractivity contribution in [1.29, 1.82) is 0 Å². The van der Waals surface area contributed by atoms with Crippen LogP contribution in [0.2, 0.25) is 0 Å². The van der Waals surface area contributed by atoms with Crippen LogP contribution in [0.1, 0.15) is 70.3 Å². The molecular weight excluding hydrogens is 350 g/mol. The minimum atomic E-state index is 0.603. The highest BCUT2D eigenvalue weighted by Crippen LogP contribution is 2.36. The van der Waals surface area contributed by atoms with Crippen LogP contribution in [0.15, 0.2) is 22.7 Å². The largest absolute Gasteiger partial charge is 0.353 e. The smallest absolute Gasteiger partial charge is 0.204 e. The van der Waals surface area contributed by atoms with Gasteiger partial charge in [0.25, 0.3) is 0 Å². The minimum Gasteiger partial charge on any atom is -0.353 e. The van der Waals surface area contributed by atoms with Crippen molar-refractivity contribution >= 4 is 32.9 Å². The average molecular weight is 376 g/mol. The second-order valence-corrected chi connectivity index (χ2v) is 8.13. The van der Waals surface area contributed by atoms with Gasteiger partial charge in [0.15, 0.2) is 0 Å². The van der Waals surface area contributed by atoms with Crippen LogP contribution in [0.5, 0.6) is 0 Å². The lowest BCUT2D eigenvalue weighted by atomic mass is 9.94. The first-order valence-electron chi connectivity index (χ1n) is 9.25. The molecular formula is C19H26BrN3. The molecule has 124 valence electrons. The van der Waals surface area contributed by atoms with E-state index < -0.39 is 0 Å². The fourth-order valence-corrected chi connectivity index (χ4v) is 4.66. The normalized spacial score (nSPS) is 20.9.